The van der Waals surface area contributed by atoms with Gasteiger partial charge in [-0.05, 0) is 43.0 Å². The van der Waals surface area contributed by atoms with Gasteiger partial charge in [0.2, 0.25) is 15.9 Å². The van der Waals surface area contributed by atoms with E-state index in [2.05, 4.69) is 22.4 Å². The minimum Gasteiger partial charge on any atom is -0.356 e. The molecule has 1 aromatic heterocycles. The SMILES string of the molecule is CN(C)S(=O)(=O)c1ccc2c(c1)nc(CCC(=O)NCCCCc1ccccc1)n2C. The Balaban J connectivity index is 1.51. The number of benzene rings is 2. The van der Waals surface area contributed by atoms with Gasteiger partial charge in [0.1, 0.15) is 5.82 Å². The molecule has 166 valence electrons. The summed E-state index contributed by atoms with van der Waals surface area (Å²) in [4.78, 5) is 17.0. The molecule has 1 heterocycles. The molecule has 0 aliphatic rings. The maximum atomic E-state index is 12.3. The van der Waals surface area contributed by atoms with Crippen LogP contribution < -0.4 is 5.32 Å². The van der Waals surface area contributed by atoms with Crippen molar-refractivity contribution in [3.8, 4) is 0 Å². The Hall–Kier alpha value is -2.71. The minimum absolute atomic E-state index is 0.00245. The van der Waals surface area contributed by atoms with E-state index in [9.17, 15) is 13.2 Å². The van der Waals surface area contributed by atoms with E-state index in [1.54, 1.807) is 18.2 Å². The number of hydrogen-bond donors (Lipinski definition) is 1. The number of unbranched alkanes of at least 4 members (excludes halogenated alkanes) is 1. The van der Waals surface area contributed by atoms with E-state index in [0.717, 1.165) is 30.6 Å². The van der Waals surface area contributed by atoms with E-state index in [1.165, 1.54) is 24.0 Å². The Kier molecular flexibility index (Phi) is 7.46. The van der Waals surface area contributed by atoms with E-state index < -0.39 is 10.0 Å². The van der Waals surface area contributed by atoms with Gasteiger partial charge in [0.25, 0.3) is 0 Å². The van der Waals surface area contributed by atoms with Gasteiger partial charge in [-0.1, -0.05) is 30.3 Å². The van der Waals surface area contributed by atoms with Crippen LogP contribution >= 0.6 is 0 Å². The van der Waals surface area contributed by atoms with Crippen LogP contribution in [-0.4, -0.2) is 48.8 Å². The Morgan fingerprint density at radius 2 is 1.81 bits per heavy atom. The van der Waals surface area contributed by atoms with Crippen molar-refractivity contribution in [2.24, 2.45) is 7.05 Å². The minimum atomic E-state index is -3.51. The molecule has 0 spiro atoms. The molecule has 7 nitrogen and oxygen atoms in total. The Morgan fingerprint density at radius 1 is 1.06 bits per heavy atom. The van der Waals surface area contributed by atoms with Gasteiger partial charge in [0, 0.05) is 40.5 Å². The quantitative estimate of drug-likeness (QED) is 0.489. The number of fused-ring (bicyclic) bond motifs is 1. The van der Waals surface area contributed by atoms with Crippen LogP contribution in [0.3, 0.4) is 0 Å². The Labute approximate surface area is 184 Å². The van der Waals surface area contributed by atoms with Gasteiger partial charge in [-0.25, -0.2) is 17.7 Å². The third-order valence-electron chi connectivity index (χ3n) is 5.36. The van der Waals surface area contributed by atoms with E-state index in [0.29, 0.717) is 24.9 Å². The summed E-state index contributed by atoms with van der Waals surface area (Å²) in [6.07, 6.45) is 3.83. The summed E-state index contributed by atoms with van der Waals surface area (Å²) >= 11 is 0. The summed E-state index contributed by atoms with van der Waals surface area (Å²) in [6, 6.07) is 15.3. The second kappa shape index (κ2) is 10.1. The lowest BCUT2D eigenvalue weighted by Crippen LogP contribution is -2.25. The van der Waals surface area contributed by atoms with Crippen molar-refractivity contribution in [2.75, 3.05) is 20.6 Å². The summed E-state index contributed by atoms with van der Waals surface area (Å²) in [5, 5.41) is 2.97. The number of imidazole rings is 1. The van der Waals surface area contributed by atoms with E-state index in [-0.39, 0.29) is 10.8 Å². The number of amides is 1. The van der Waals surface area contributed by atoms with Crippen LogP contribution in [0.4, 0.5) is 0 Å². The first kappa shape index (κ1) is 23.0. The normalized spacial score (nSPS) is 11.9. The number of nitrogens with one attached hydrogen (secondary N) is 1. The van der Waals surface area contributed by atoms with Crippen LogP contribution in [0.1, 0.15) is 30.7 Å². The Bertz CT molecular complexity index is 1140. The molecule has 0 bridgehead atoms. The molecule has 0 saturated heterocycles. The van der Waals surface area contributed by atoms with E-state index in [1.807, 2.05) is 29.8 Å². The number of sulfonamides is 1. The van der Waals surface area contributed by atoms with Gasteiger partial charge in [0.05, 0.1) is 15.9 Å². The summed E-state index contributed by atoms with van der Waals surface area (Å²) in [6.45, 7) is 0.667. The van der Waals surface area contributed by atoms with Crippen molar-refractivity contribution in [3.63, 3.8) is 0 Å². The van der Waals surface area contributed by atoms with Crippen LogP contribution in [0.2, 0.25) is 0 Å². The first-order valence-electron chi connectivity index (χ1n) is 10.5. The van der Waals surface area contributed by atoms with Gasteiger partial charge in [-0.3, -0.25) is 4.79 Å². The van der Waals surface area contributed by atoms with Crippen molar-refractivity contribution < 1.29 is 13.2 Å². The summed E-state index contributed by atoms with van der Waals surface area (Å²) in [5.41, 5.74) is 2.77. The topological polar surface area (TPSA) is 84.3 Å². The van der Waals surface area contributed by atoms with Crippen molar-refractivity contribution in [3.05, 3.63) is 59.9 Å². The van der Waals surface area contributed by atoms with Gasteiger partial charge in [-0.15, -0.1) is 0 Å². The zero-order chi connectivity index (χ0) is 22.4. The molecule has 0 aliphatic carbocycles. The highest BCUT2D eigenvalue weighted by Crippen LogP contribution is 2.21. The standard InChI is InChI=1S/C23H30N4O3S/c1-26(2)31(29,30)19-12-13-21-20(17-19)25-22(27(21)3)14-15-23(28)24-16-8-7-11-18-9-5-4-6-10-18/h4-6,9-10,12-13,17H,7-8,11,14-16H2,1-3H3,(H,24,28). The molecule has 1 amide bonds. The average molecular weight is 443 g/mol. The molecule has 0 unspecified atom stereocenters. The number of carbonyl (C=O) groups excluding carboxylic acids is 1. The molecule has 0 saturated carbocycles. The second-order valence-electron chi connectivity index (χ2n) is 7.82. The molecular weight excluding hydrogens is 412 g/mol. The molecule has 2 aromatic carbocycles. The lowest BCUT2D eigenvalue weighted by Gasteiger charge is -2.10. The van der Waals surface area contributed by atoms with Crippen molar-refractivity contribution >= 4 is 27.0 Å². The van der Waals surface area contributed by atoms with Crippen molar-refractivity contribution in [1.82, 2.24) is 19.2 Å². The number of aryl methyl sites for hydroxylation is 3. The average Bonchev–Trinajstić information content (AvgIpc) is 3.07. The van der Waals surface area contributed by atoms with Crippen molar-refractivity contribution in [2.45, 2.75) is 37.0 Å². The summed E-state index contributed by atoms with van der Waals surface area (Å²) in [5.74, 6) is 0.760. The van der Waals surface area contributed by atoms with Crippen LogP contribution in [0.5, 0.6) is 0 Å². The Morgan fingerprint density at radius 3 is 2.52 bits per heavy atom. The fourth-order valence-electron chi connectivity index (χ4n) is 3.46. The lowest BCUT2D eigenvalue weighted by atomic mass is 10.1. The molecule has 8 heteroatoms. The third-order valence-corrected chi connectivity index (χ3v) is 7.17. The van der Waals surface area contributed by atoms with Crippen LogP contribution in [-0.2, 0) is 34.7 Å². The predicted octanol–water partition coefficient (Wildman–Crippen LogP) is 2.90. The zero-order valence-electron chi connectivity index (χ0n) is 18.3. The molecule has 3 aromatic rings. The number of nitrogens with zero attached hydrogens (tertiary/aromatic N) is 3. The predicted molar refractivity (Wildman–Crippen MR) is 122 cm³/mol. The maximum Gasteiger partial charge on any atom is 0.242 e. The van der Waals surface area contributed by atoms with E-state index in [4.69, 9.17) is 0 Å². The highest BCUT2D eigenvalue weighted by atomic mass is 32.2. The largest absolute Gasteiger partial charge is 0.356 e. The molecule has 31 heavy (non-hydrogen) atoms. The molecule has 0 fully saturated rings. The second-order valence-corrected chi connectivity index (χ2v) is 9.97. The highest BCUT2D eigenvalue weighted by molar-refractivity contribution is 7.89. The van der Waals surface area contributed by atoms with Gasteiger partial charge in [-0.2, -0.15) is 0 Å². The van der Waals surface area contributed by atoms with Gasteiger partial charge in [0.15, 0.2) is 0 Å². The van der Waals surface area contributed by atoms with E-state index >= 15 is 0 Å². The lowest BCUT2D eigenvalue weighted by molar-refractivity contribution is -0.121. The van der Waals surface area contributed by atoms with Crippen LogP contribution in [0.15, 0.2) is 53.4 Å². The smallest absolute Gasteiger partial charge is 0.242 e. The third kappa shape index (κ3) is 5.71. The molecular formula is C23H30N4O3S. The number of aromatic nitrogens is 2. The summed E-state index contributed by atoms with van der Waals surface area (Å²) in [7, 11) is 1.38. The van der Waals surface area contributed by atoms with Crippen LogP contribution in [0.25, 0.3) is 11.0 Å². The van der Waals surface area contributed by atoms with Crippen molar-refractivity contribution in [1.29, 1.82) is 0 Å². The molecule has 0 radical (unpaired) electrons. The first-order chi connectivity index (χ1) is 14.8. The number of carbonyl (C=O) groups is 1. The fourth-order valence-corrected chi connectivity index (χ4v) is 4.39. The number of rotatable bonds is 10. The zero-order valence-corrected chi connectivity index (χ0v) is 19.2. The molecule has 1 N–H and O–H groups in total. The maximum absolute atomic E-state index is 12.3. The monoisotopic (exact) mass is 442 g/mol. The van der Waals surface area contributed by atoms with Crippen LogP contribution in [0, 0.1) is 0 Å². The molecule has 3 rings (SSSR count). The van der Waals surface area contributed by atoms with Gasteiger partial charge < -0.3 is 9.88 Å². The summed E-state index contributed by atoms with van der Waals surface area (Å²) < 4.78 is 27.8. The number of hydrogen-bond acceptors (Lipinski definition) is 4. The van der Waals surface area contributed by atoms with Gasteiger partial charge >= 0.3 is 0 Å². The first-order valence-corrected chi connectivity index (χ1v) is 11.9. The fraction of sp³-hybridized carbons (Fsp3) is 0.391. The molecule has 0 atom stereocenters. The molecule has 0 aliphatic heterocycles. The highest BCUT2D eigenvalue weighted by Gasteiger charge is 2.19.